The summed E-state index contributed by atoms with van der Waals surface area (Å²) in [5.74, 6) is 0.638. The van der Waals surface area contributed by atoms with Gasteiger partial charge in [-0.2, -0.15) is 0 Å². The number of hydrogen-bond acceptors (Lipinski definition) is 4. The molecule has 2 rings (SSSR count). The van der Waals surface area contributed by atoms with Gasteiger partial charge < -0.3 is 4.74 Å². The molecule has 1 aromatic carbocycles. The number of fused-ring (bicyclic) bond motifs is 1. The topological polar surface area (TPSA) is 59.2 Å². The van der Waals surface area contributed by atoms with Crippen LogP contribution in [0.3, 0.4) is 0 Å². The van der Waals surface area contributed by atoms with Crippen LogP contribution in [-0.4, -0.2) is 12.1 Å². The Morgan fingerprint density at radius 1 is 1.36 bits per heavy atom. The van der Waals surface area contributed by atoms with Crippen LogP contribution in [0.1, 0.15) is 0 Å². The van der Waals surface area contributed by atoms with Gasteiger partial charge in [-0.15, -0.1) is 0 Å². The van der Waals surface area contributed by atoms with Crippen molar-refractivity contribution >= 4 is 21.4 Å². The Kier molecular flexibility index (Phi) is 2.09. The van der Waals surface area contributed by atoms with Crippen molar-refractivity contribution in [2.45, 2.75) is 0 Å². The van der Waals surface area contributed by atoms with E-state index in [2.05, 4.69) is 4.98 Å². The molecule has 1 aromatic heterocycles. The molecule has 5 heteroatoms. The highest BCUT2D eigenvalue weighted by atomic mass is 32.1. The quantitative estimate of drug-likeness (QED) is 0.761. The van der Waals surface area contributed by atoms with Gasteiger partial charge in [0.05, 0.1) is 12.5 Å². The smallest absolute Gasteiger partial charge is 0.307 e. The summed E-state index contributed by atoms with van der Waals surface area (Å²) < 4.78 is 5.63. The maximum Gasteiger partial charge on any atom is 0.307 e. The van der Waals surface area contributed by atoms with E-state index < -0.39 is 0 Å². The molecule has 0 atom stereocenters. The zero-order valence-electron chi connectivity index (χ0n) is 7.37. The number of aromatic amines is 1. The van der Waals surface area contributed by atoms with Gasteiger partial charge in [0, 0.05) is 4.70 Å². The zero-order chi connectivity index (χ0) is 10.1. The molecule has 0 aliphatic carbocycles. The molecule has 0 spiro atoms. The van der Waals surface area contributed by atoms with E-state index in [1.807, 2.05) is 0 Å². The fourth-order valence-corrected chi connectivity index (χ4v) is 1.98. The number of rotatable bonds is 1. The molecule has 1 N–H and O–H groups in total. The molecule has 1 heterocycles. The third kappa shape index (κ3) is 1.42. The van der Waals surface area contributed by atoms with Gasteiger partial charge in [-0.25, -0.2) is 0 Å². The Morgan fingerprint density at radius 3 is 2.86 bits per heavy atom. The van der Waals surface area contributed by atoms with E-state index in [0.29, 0.717) is 15.8 Å². The third-order valence-electron chi connectivity index (χ3n) is 1.85. The minimum Gasteiger partial charge on any atom is -0.497 e. The number of methoxy groups -OCH3 is 1. The maximum atomic E-state index is 11.3. The van der Waals surface area contributed by atoms with Crippen LogP contribution in [0.2, 0.25) is 0 Å². The molecule has 0 amide bonds. The Hall–Kier alpha value is -1.62. The summed E-state index contributed by atoms with van der Waals surface area (Å²) in [5, 5.41) is 0.510. The summed E-state index contributed by atoms with van der Waals surface area (Å²) in [6, 6.07) is 5.01. The van der Waals surface area contributed by atoms with Crippen LogP contribution >= 0.6 is 11.3 Å². The molecule has 4 nitrogen and oxygen atoms in total. The summed E-state index contributed by atoms with van der Waals surface area (Å²) in [5.41, 5.74) is -0.355. The average molecular weight is 209 g/mol. The summed E-state index contributed by atoms with van der Waals surface area (Å²) in [7, 11) is 1.54. The average Bonchev–Trinajstić information content (AvgIpc) is 2.16. The van der Waals surface area contributed by atoms with Gasteiger partial charge in [0.1, 0.15) is 5.75 Å². The first kappa shape index (κ1) is 8.96. The molecule has 0 aliphatic rings. The van der Waals surface area contributed by atoms with Crippen molar-refractivity contribution in [3.05, 3.63) is 38.2 Å². The predicted octanol–water partition coefficient (Wildman–Crippen LogP) is 0.958. The van der Waals surface area contributed by atoms with Gasteiger partial charge in [-0.3, -0.25) is 14.6 Å². The number of nitrogens with one attached hydrogen (secondary N) is 1. The summed E-state index contributed by atoms with van der Waals surface area (Å²) >= 11 is 0.994. The Morgan fingerprint density at radius 2 is 2.14 bits per heavy atom. The van der Waals surface area contributed by atoms with Gasteiger partial charge in [-0.05, 0) is 18.2 Å². The summed E-state index contributed by atoms with van der Waals surface area (Å²) in [6.45, 7) is 0. The first-order valence-electron chi connectivity index (χ1n) is 3.92. The lowest BCUT2D eigenvalue weighted by molar-refractivity contribution is 0.415. The van der Waals surface area contributed by atoms with E-state index in [1.165, 1.54) is 7.11 Å². The number of H-pyrrole nitrogens is 1. The molecule has 0 saturated heterocycles. The van der Waals surface area contributed by atoms with E-state index in [9.17, 15) is 9.59 Å². The molecule has 0 radical (unpaired) electrons. The molecule has 14 heavy (non-hydrogen) atoms. The number of ether oxygens (including phenoxy) is 1. The second kappa shape index (κ2) is 3.26. The van der Waals surface area contributed by atoms with Crippen molar-refractivity contribution in [1.82, 2.24) is 4.98 Å². The van der Waals surface area contributed by atoms with Crippen LogP contribution in [0.25, 0.3) is 10.1 Å². The number of aromatic nitrogens is 1. The molecule has 0 bridgehead atoms. The van der Waals surface area contributed by atoms with Gasteiger partial charge >= 0.3 is 4.87 Å². The maximum absolute atomic E-state index is 11.3. The minimum atomic E-state index is -0.355. The highest BCUT2D eigenvalue weighted by Gasteiger charge is 2.01. The largest absolute Gasteiger partial charge is 0.497 e. The fourth-order valence-electron chi connectivity index (χ4n) is 1.19. The zero-order valence-corrected chi connectivity index (χ0v) is 8.18. The van der Waals surface area contributed by atoms with Crippen LogP contribution in [-0.2, 0) is 0 Å². The third-order valence-corrected chi connectivity index (χ3v) is 2.70. The molecular formula is C9H7NO3S. The second-order valence-electron chi connectivity index (χ2n) is 2.71. The standard InChI is InChI=1S/C9H7NO3S/c1-13-5-2-3-6-7(4-5)14-9(12)10-8(6)11/h2-4H,1H3,(H,10,11,12). The van der Waals surface area contributed by atoms with Crippen molar-refractivity contribution in [2.75, 3.05) is 7.11 Å². The van der Waals surface area contributed by atoms with Crippen molar-refractivity contribution in [2.24, 2.45) is 0 Å². The van der Waals surface area contributed by atoms with E-state index in [1.54, 1.807) is 18.2 Å². The van der Waals surface area contributed by atoms with E-state index in [0.717, 1.165) is 11.3 Å². The van der Waals surface area contributed by atoms with Crippen LogP contribution in [0, 0.1) is 0 Å². The van der Waals surface area contributed by atoms with E-state index in [4.69, 9.17) is 4.74 Å². The predicted molar refractivity (Wildman–Crippen MR) is 55.3 cm³/mol. The van der Waals surface area contributed by atoms with Gasteiger partial charge in [0.25, 0.3) is 5.56 Å². The lowest BCUT2D eigenvalue weighted by atomic mass is 10.2. The van der Waals surface area contributed by atoms with Crippen molar-refractivity contribution in [3.63, 3.8) is 0 Å². The molecule has 0 saturated carbocycles. The van der Waals surface area contributed by atoms with E-state index in [-0.39, 0.29) is 10.4 Å². The van der Waals surface area contributed by atoms with Crippen molar-refractivity contribution in [1.29, 1.82) is 0 Å². The Bertz CT molecular complexity index is 584. The fraction of sp³-hybridized carbons (Fsp3) is 0.111. The molecule has 0 aliphatic heterocycles. The molecule has 72 valence electrons. The summed E-state index contributed by atoms with van der Waals surface area (Å²) in [4.78, 5) is 24.2. The van der Waals surface area contributed by atoms with Crippen molar-refractivity contribution in [3.8, 4) is 5.75 Å². The second-order valence-corrected chi connectivity index (χ2v) is 3.72. The minimum absolute atomic E-state index is 0.351. The van der Waals surface area contributed by atoms with Gasteiger partial charge in [0.2, 0.25) is 0 Å². The van der Waals surface area contributed by atoms with E-state index >= 15 is 0 Å². The lowest BCUT2D eigenvalue weighted by Gasteiger charge is -1.99. The molecule has 0 fully saturated rings. The first-order chi connectivity index (χ1) is 6.70. The van der Waals surface area contributed by atoms with Gasteiger partial charge in [-0.1, -0.05) is 11.3 Å². The highest BCUT2D eigenvalue weighted by molar-refractivity contribution is 7.16. The SMILES string of the molecule is COc1ccc2c(=O)[nH]c(=O)sc2c1. The van der Waals surface area contributed by atoms with Crippen LogP contribution in [0.5, 0.6) is 5.75 Å². The molecular weight excluding hydrogens is 202 g/mol. The van der Waals surface area contributed by atoms with Gasteiger partial charge in [0.15, 0.2) is 0 Å². The monoisotopic (exact) mass is 209 g/mol. The van der Waals surface area contributed by atoms with Crippen LogP contribution in [0.4, 0.5) is 0 Å². The highest BCUT2D eigenvalue weighted by Crippen LogP contribution is 2.18. The van der Waals surface area contributed by atoms with Crippen LogP contribution < -0.4 is 15.2 Å². The number of hydrogen-bond donors (Lipinski definition) is 1. The molecule has 2 aromatic rings. The normalized spacial score (nSPS) is 10.4. The molecule has 0 unspecified atom stereocenters. The number of benzene rings is 1. The Balaban J connectivity index is 2.89. The Labute approximate surface area is 82.8 Å². The summed E-state index contributed by atoms with van der Waals surface area (Å²) in [6.07, 6.45) is 0. The first-order valence-corrected chi connectivity index (χ1v) is 4.73. The lowest BCUT2D eigenvalue weighted by Crippen LogP contribution is -2.15. The van der Waals surface area contributed by atoms with Crippen molar-refractivity contribution < 1.29 is 4.74 Å². The van der Waals surface area contributed by atoms with Crippen LogP contribution in [0.15, 0.2) is 27.8 Å².